The fourth-order valence-electron chi connectivity index (χ4n) is 1.60. The van der Waals surface area contributed by atoms with Crippen LogP contribution in [0.2, 0.25) is 5.02 Å². The number of benzene rings is 1. The molecule has 0 aliphatic heterocycles. The van der Waals surface area contributed by atoms with Gasteiger partial charge in [-0.15, -0.1) is 0 Å². The number of hydrogen-bond donors (Lipinski definition) is 2. The first-order valence-electron chi connectivity index (χ1n) is 4.56. The van der Waals surface area contributed by atoms with Gasteiger partial charge in [0.25, 0.3) is 5.78 Å². The largest absolute Gasteiger partial charge is 0.475 e. The summed E-state index contributed by atoms with van der Waals surface area (Å²) in [6.45, 7) is 1.86. The SMILES string of the molecule is Cc1cc2c(Cl)c(C(=O)C(=O)O)ccc2[nH]1. The molecule has 4 nitrogen and oxygen atoms in total. The molecular formula is C11H8ClNO3. The molecule has 0 saturated heterocycles. The van der Waals surface area contributed by atoms with E-state index in [1.54, 1.807) is 12.1 Å². The number of hydrogen-bond acceptors (Lipinski definition) is 2. The molecule has 0 radical (unpaired) electrons. The fourth-order valence-corrected chi connectivity index (χ4v) is 1.90. The molecule has 1 aromatic heterocycles. The van der Waals surface area contributed by atoms with Crippen LogP contribution in [0.3, 0.4) is 0 Å². The summed E-state index contributed by atoms with van der Waals surface area (Å²) in [5, 5.41) is 9.45. The standard InChI is InChI=1S/C11H8ClNO3/c1-5-4-7-8(13-5)3-2-6(9(7)12)10(14)11(15)16/h2-4,13H,1H3,(H,15,16). The summed E-state index contributed by atoms with van der Waals surface area (Å²) in [5.41, 5.74) is 1.70. The van der Waals surface area contributed by atoms with E-state index in [1.165, 1.54) is 6.07 Å². The maximum absolute atomic E-state index is 11.3. The van der Waals surface area contributed by atoms with E-state index in [0.717, 1.165) is 11.2 Å². The molecule has 0 fully saturated rings. The van der Waals surface area contributed by atoms with Gasteiger partial charge in [0, 0.05) is 22.2 Å². The molecule has 0 saturated carbocycles. The number of aromatic nitrogens is 1. The first-order chi connectivity index (χ1) is 7.50. The maximum Gasteiger partial charge on any atom is 0.377 e. The molecule has 5 heteroatoms. The van der Waals surface area contributed by atoms with Gasteiger partial charge in [0.05, 0.1) is 5.02 Å². The predicted octanol–water partition coefficient (Wildman–Crippen LogP) is 2.40. The maximum atomic E-state index is 11.3. The smallest absolute Gasteiger partial charge is 0.377 e. The van der Waals surface area contributed by atoms with E-state index in [1.807, 2.05) is 6.92 Å². The molecule has 0 aliphatic carbocycles. The Kier molecular flexibility index (Phi) is 2.44. The van der Waals surface area contributed by atoms with Crippen LogP contribution in [-0.4, -0.2) is 21.8 Å². The number of ketones is 1. The Morgan fingerprint density at radius 2 is 2.06 bits per heavy atom. The first-order valence-corrected chi connectivity index (χ1v) is 4.94. The summed E-state index contributed by atoms with van der Waals surface area (Å²) in [4.78, 5) is 25.0. The summed E-state index contributed by atoms with van der Waals surface area (Å²) in [7, 11) is 0. The molecule has 1 aromatic carbocycles. The molecule has 1 heterocycles. The van der Waals surface area contributed by atoms with E-state index in [2.05, 4.69) is 4.98 Å². The van der Waals surface area contributed by atoms with Gasteiger partial charge in [0.1, 0.15) is 0 Å². The fraction of sp³-hybridized carbons (Fsp3) is 0.0909. The van der Waals surface area contributed by atoms with E-state index < -0.39 is 11.8 Å². The van der Waals surface area contributed by atoms with E-state index in [0.29, 0.717) is 5.39 Å². The Labute approximate surface area is 95.8 Å². The highest BCUT2D eigenvalue weighted by atomic mass is 35.5. The molecule has 16 heavy (non-hydrogen) atoms. The Hall–Kier alpha value is -1.81. The predicted molar refractivity (Wildman–Crippen MR) is 60.0 cm³/mol. The summed E-state index contributed by atoms with van der Waals surface area (Å²) in [6, 6.07) is 4.83. The molecular weight excluding hydrogens is 230 g/mol. The van der Waals surface area contributed by atoms with Crippen LogP contribution in [0.1, 0.15) is 16.1 Å². The third-order valence-electron chi connectivity index (χ3n) is 2.31. The highest BCUT2D eigenvalue weighted by Gasteiger charge is 2.19. The van der Waals surface area contributed by atoms with E-state index in [-0.39, 0.29) is 10.6 Å². The monoisotopic (exact) mass is 237 g/mol. The number of rotatable bonds is 2. The number of carbonyl (C=O) groups is 2. The number of carboxylic acid groups (broad SMARTS) is 1. The van der Waals surface area contributed by atoms with E-state index in [4.69, 9.17) is 16.7 Å². The highest BCUT2D eigenvalue weighted by Crippen LogP contribution is 2.28. The minimum absolute atomic E-state index is 0.0145. The quantitative estimate of drug-likeness (QED) is 0.622. The number of aromatic amines is 1. The van der Waals surface area contributed by atoms with Crippen LogP contribution >= 0.6 is 11.6 Å². The minimum atomic E-state index is -1.51. The second-order valence-electron chi connectivity index (χ2n) is 3.47. The van der Waals surface area contributed by atoms with Gasteiger partial charge in [-0.2, -0.15) is 0 Å². The summed E-state index contributed by atoms with van der Waals surface area (Å²) < 4.78 is 0. The van der Waals surface area contributed by atoms with Crippen molar-refractivity contribution in [2.75, 3.05) is 0 Å². The Morgan fingerprint density at radius 1 is 1.38 bits per heavy atom. The summed E-state index contributed by atoms with van der Waals surface area (Å²) in [5.74, 6) is -2.50. The highest BCUT2D eigenvalue weighted by molar-refractivity contribution is 6.47. The number of nitrogens with one attached hydrogen (secondary N) is 1. The average Bonchev–Trinajstić information content (AvgIpc) is 2.59. The topological polar surface area (TPSA) is 70.2 Å². The van der Waals surface area contributed by atoms with Crippen molar-refractivity contribution in [1.82, 2.24) is 4.98 Å². The number of H-pyrrole nitrogens is 1. The van der Waals surface area contributed by atoms with Gasteiger partial charge >= 0.3 is 5.97 Å². The Bertz CT molecular complexity index is 601. The van der Waals surface area contributed by atoms with Crippen molar-refractivity contribution >= 4 is 34.3 Å². The molecule has 0 amide bonds. The van der Waals surface area contributed by atoms with Crippen molar-refractivity contribution in [3.05, 3.63) is 34.5 Å². The Balaban J connectivity index is 2.69. The number of fused-ring (bicyclic) bond motifs is 1. The number of carbonyl (C=O) groups excluding carboxylic acids is 1. The van der Waals surface area contributed by atoms with Gasteiger partial charge in [-0.3, -0.25) is 4.79 Å². The average molecular weight is 238 g/mol. The third-order valence-corrected chi connectivity index (χ3v) is 2.72. The lowest BCUT2D eigenvalue weighted by atomic mass is 10.1. The van der Waals surface area contributed by atoms with Crippen molar-refractivity contribution < 1.29 is 14.7 Å². The number of Topliss-reactive ketones (excluding diaryl/α,β-unsaturated/α-hetero) is 1. The van der Waals surface area contributed by atoms with Crippen molar-refractivity contribution in [3.8, 4) is 0 Å². The van der Waals surface area contributed by atoms with Crippen LogP contribution in [-0.2, 0) is 4.79 Å². The zero-order chi connectivity index (χ0) is 11.9. The van der Waals surface area contributed by atoms with Crippen molar-refractivity contribution in [2.45, 2.75) is 6.92 Å². The lowest BCUT2D eigenvalue weighted by molar-refractivity contribution is -0.131. The second-order valence-corrected chi connectivity index (χ2v) is 3.85. The van der Waals surface area contributed by atoms with Crippen molar-refractivity contribution in [2.24, 2.45) is 0 Å². The zero-order valence-electron chi connectivity index (χ0n) is 8.37. The van der Waals surface area contributed by atoms with Crippen LogP contribution in [0.15, 0.2) is 18.2 Å². The minimum Gasteiger partial charge on any atom is -0.475 e. The van der Waals surface area contributed by atoms with Crippen LogP contribution in [0.25, 0.3) is 10.9 Å². The van der Waals surface area contributed by atoms with Crippen molar-refractivity contribution in [1.29, 1.82) is 0 Å². The van der Waals surface area contributed by atoms with Gasteiger partial charge in [0.15, 0.2) is 0 Å². The molecule has 0 atom stereocenters. The Morgan fingerprint density at radius 3 is 2.69 bits per heavy atom. The summed E-state index contributed by atoms with van der Waals surface area (Å²) in [6.07, 6.45) is 0. The molecule has 0 unspecified atom stereocenters. The van der Waals surface area contributed by atoms with Crippen LogP contribution in [0.5, 0.6) is 0 Å². The zero-order valence-corrected chi connectivity index (χ0v) is 9.13. The van der Waals surface area contributed by atoms with Gasteiger partial charge in [0.2, 0.25) is 0 Å². The van der Waals surface area contributed by atoms with E-state index in [9.17, 15) is 9.59 Å². The molecule has 2 aromatic rings. The molecule has 82 valence electrons. The third kappa shape index (κ3) is 1.57. The van der Waals surface area contributed by atoms with E-state index >= 15 is 0 Å². The first kappa shape index (κ1) is 10.7. The number of carboxylic acids is 1. The molecule has 2 rings (SSSR count). The number of halogens is 1. The van der Waals surface area contributed by atoms with Crippen LogP contribution in [0, 0.1) is 6.92 Å². The molecule has 2 N–H and O–H groups in total. The van der Waals surface area contributed by atoms with Gasteiger partial charge < -0.3 is 10.1 Å². The van der Waals surface area contributed by atoms with Gasteiger partial charge in [-0.1, -0.05) is 11.6 Å². The summed E-state index contributed by atoms with van der Waals surface area (Å²) >= 11 is 5.99. The van der Waals surface area contributed by atoms with Gasteiger partial charge in [-0.25, -0.2) is 4.79 Å². The van der Waals surface area contributed by atoms with Gasteiger partial charge in [-0.05, 0) is 25.1 Å². The number of aryl methyl sites for hydroxylation is 1. The molecule has 0 bridgehead atoms. The van der Waals surface area contributed by atoms with Crippen LogP contribution in [0.4, 0.5) is 0 Å². The second kappa shape index (κ2) is 3.64. The lowest BCUT2D eigenvalue weighted by Gasteiger charge is -2.00. The lowest BCUT2D eigenvalue weighted by Crippen LogP contribution is -2.13. The molecule has 0 spiro atoms. The normalized spacial score (nSPS) is 10.6. The van der Waals surface area contributed by atoms with Crippen LogP contribution < -0.4 is 0 Å². The number of aliphatic carboxylic acids is 1. The molecule has 0 aliphatic rings. The van der Waals surface area contributed by atoms with Crippen molar-refractivity contribution in [3.63, 3.8) is 0 Å².